The van der Waals surface area contributed by atoms with E-state index < -0.39 is 10.0 Å². The van der Waals surface area contributed by atoms with Crippen molar-refractivity contribution in [3.63, 3.8) is 0 Å². The Morgan fingerprint density at radius 3 is 1.81 bits per heavy atom. The molecular formula is C30H40N2O4S. The van der Waals surface area contributed by atoms with Gasteiger partial charge < -0.3 is 14.8 Å². The molecule has 0 amide bonds. The van der Waals surface area contributed by atoms with Gasteiger partial charge in [-0.1, -0.05) is 53.7 Å². The van der Waals surface area contributed by atoms with Crippen molar-refractivity contribution in [2.75, 3.05) is 24.3 Å². The summed E-state index contributed by atoms with van der Waals surface area (Å²) >= 11 is 0. The molecule has 0 saturated carbocycles. The SMILES string of the molecule is COc1ccc(Nc2ccc(NS(=O)(=O)c3c(C(C)C)cc(C(C)C)cc3C(C)C)c(C)c2)c(OC)c1. The molecule has 3 aromatic rings. The lowest BCUT2D eigenvalue weighted by molar-refractivity contribution is 0.395. The van der Waals surface area contributed by atoms with Gasteiger partial charge in [0.15, 0.2) is 0 Å². The van der Waals surface area contributed by atoms with E-state index in [-0.39, 0.29) is 11.8 Å². The lowest BCUT2D eigenvalue weighted by Gasteiger charge is -2.23. The van der Waals surface area contributed by atoms with E-state index in [4.69, 9.17) is 9.47 Å². The number of methoxy groups -OCH3 is 2. The summed E-state index contributed by atoms with van der Waals surface area (Å²) in [6.07, 6.45) is 0. The Balaban J connectivity index is 1.98. The second kappa shape index (κ2) is 11.5. The highest BCUT2D eigenvalue weighted by Crippen LogP contribution is 2.37. The third-order valence-electron chi connectivity index (χ3n) is 6.51. The van der Waals surface area contributed by atoms with Crippen LogP contribution in [0.25, 0.3) is 0 Å². The molecule has 0 aliphatic heterocycles. The Bertz CT molecular complexity index is 1330. The van der Waals surface area contributed by atoms with Gasteiger partial charge >= 0.3 is 0 Å². The highest BCUT2D eigenvalue weighted by molar-refractivity contribution is 7.92. The van der Waals surface area contributed by atoms with Gasteiger partial charge in [-0.05, 0) is 77.3 Å². The van der Waals surface area contributed by atoms with Crippen LogP contribution in [0.5, 0.6) is 11.5 Å². The smallest absolute Gasteiger partial charge is 0.262 e. The summed E-state index contributed by atoms with van der Waals surface area (Å²) < 4.78 is 41.3. The fourth-order valence-electron chi connectivity index (χ4n) is 4.31. The number of hydrogen-bond acceptors (Lipinski definition) is 5. The molecule has 37 heavy (non-hydrogen) atoms. The number of nitrogens with one attached hydrogen (secondary N) is 2. The van der Waals surface area contributed by atoms with Crippen LogP contribution in [0, 0.1) is 6.92 Å². The van der Waals surface area contributed by atoms with Gasteiger partial charge in [-0.3, -0.25) is 4.72 Å². The minimum absolute atomic E-state index is 0.0647. The van der Waals surface area contributed by atoms with Crippen LogP contribution < -0.4 is 19.5 Å². The first-order valence-electron chi connectivity index (χ1n) is 12.7. The number of aryl methyl sites for hydroxylation is 1. The van der Waals surface area contributed by atoms with Crippen molar-refractivity contribution in [1.82, 2.24) is 0 Å². The van der Waals surface area contributed by atoms with Gasteiger partial charge in [-0.25, -0.2) is 8.42 Å². The second-order valence-electron chi connectivity index (χ2n) is 10.3. The molecule has 0 spiro atoms. The maximum Gasteiger partial charge on any atom is 0.262 e. The van der Waals surface area contributed by atoms with E-state index in [0.717, 1.165) is 33.6 Å². The normalized spacial score (nSPS) is 11.8. The van der Waals surface area contributed by atoms with E-state index in [0.29, 0.717) is 28.0 Å². The van der Waals surface area contributed by atoms with Crippen LogP contribution in [-0.4, -0.2) is 22.6 Å². The molecule has 0 saturated heterocycles. The van der Waals surface area contributed by atoms with Crippen molar-refractivity contribution in [2.45, 2.75) is 71.1 Å². The van der Waals surface area contributed by atoms with Gasteiger partial charge in [0.1, 0.15) is 11.5 Å². The summed E-state index contributed by atoms with van der Waals surface area (Å²) in [6, 6.07) is 15.2. The monoisotopic (exact) mass is 524 g/mol. The number of sulfonamides is 1. The van der Waals surface area contributed by atoms with Crippen molar-refractivity contribution < 1.29 is 17.9 Å². The van der Waals surface area contributed by atoms with E-state index >= 15 is 0 Å². The van der Waals surface area contributed by atoms with E-state index in [1.165, 1.54) is 0 Å². The number of rotatable bonds is 10. The average molecular weight is 525 g/mol. The molecule has 3 rings (SSSR count). The molecular weight excluding hydrogens is 484 g/mol. The first kappa shape index (κ1) is 28.4. The zero-order chi connectivity index (χ0) is 27.5. The topological polar surface area (TPSA) is 76.7 Å². The zero-order valence-corrected chi connectivity index (χ0v) is 24.2. The molecule has 200 valence electrons. The standard InChI is InChI=1S/C30H40N2O4S/c1-18(2)22-15-25(19(3)4)30(26(16-22)20(5)6)37(33,34)32-27-12-10-23(14-21(27)7)31-28-13-11-24(35-8)17-29(28)36-9/h10-20,31-32H,1-9H3. The summed E-state index contributed by atoms with van der Waals surface area (Å²) in [5.74, 6) is 1.79. The molecule has 6 nitrogen and oxygen atoms in total. The number of hydrogen-bond donors (Lipinski definition) is 2. The molecule has 2 N–H and O–H groups in total. The first-order chi connectivity index (χ1) is 17.4. The van der Waals surface area contributed by atoms with Crippen molar-refractivity contribution in [1.29, 1.82) is 0 Å². The third-order valence-corrected chi connectivity index (χ3v) is 8.00. The second-order valence-corrected chi connectivity index (χ2v) is 11.9. The lowest BCUT2D eigenvalue weighted by atomic mass is 9.89. The predicted octanol–water partition coefficient (Wildman–Crippen LogP) is 7.93. The Kier molecular flexibility index (Phi) is 8.80. The summed E-state index contributed by atoms with van der Waals surface area (Å²) in [4.78, 5) is 0.395. The van der Waals surface area contributed by atoms with Crippen molar-refractivity contribution in [3.05, 3.63) is 70.8 Å². The Labute approximate surface area is 222 Å². The maximum absolute atomic E-state index is 13.9. The highest BCUT2D eigenvalue weighted by atomic mass is 32.2. The third kappa shape index (κ3) is 6.39. The molecule has 0 aliphatic carbocycles. The van der Waals surface area contributed by atoms with Gasteiger partial charge in [-0.15, -0.1) is 0 Å². The van der Waals surface area contributed by atoms with Crippen LogP contribution in [0.2, 0.25) is 0 Å². The summed E-state index contributed by atoms with van der Waals surface area (Å²) in [5.41, 5.74) is 5.81. The molecule has 0 radical (unpaired) electrons. The summed E-state index contributed by atoms with van der Waals surface area (Å²) in [7, 11) is -0.610. The van der Waals surface area contributed by atoms with Gasteiger partial charge in [0.2, 0.25) is 0 Å². The molecule has 7 heteroatoms. The van der Waals surface area contributed by atoms with E-state index in [1.54, 1.807) is 26.4 Å². The van der Waals surface area contributed by atoms with Crippen molar-refractivity contribution in [2.24, 2.45) is 0 Å². The van der Waals surface area contributed by atoms with E-state index in [9.17, 15) is 8.42 Å². The Morgan fingerprint density at radius 2 is 1.32 bits per heavy atom. The summed E-state index contributed by atoms with van der Waals surface area (Å²) in [6.45, 7) is 14.3. The fraction of sp³-hybridized carbons (Fsp3) is 0.400. The Hall–Kier alpha value is -3.19. The van der Waals surface area contributed by atoms with E-state index in [2.05, 4.69) is 36.0 Å². The Morgan fingerprint density at radius 1 is 0.730 bits per heavy atom. The largest absolute Gasteiger partial charge is 0.497 e. The number of benzene rings is 3. The molecule has 0 atom stereocenters. The predicted molar refractivity (Wildman–Crippen MR) is 154 cm³/mol. The zero-order valence-electron chi connectivity index (χ0n) is 23.4. The minimum Gasteiger partial charge on any atom is -0.497 e. The van der Waals surface area contributed by atoms with Crippen LogP contribution in [0.4, 0.5) is 17.1 Å². The van der Waals surface area contributed by atoms with Crippen LogP contribution in [0.1, 0.15) is 81.5 Å². The maximum atomic E-state index is 13.9. The van der Waals surface area contributed by atoms with Crippen LogP contribution in [0.3, 0.4) is 0 Å². The van der Waals surface area contributed by atoms with Crippen LogP contribution >= 0.6 is 0 Å². The summed E-state index contributed by atoms with van der Waals surface area (Å²) in [5, 5.41) is 3.34. The molecule has 0 fully saturated rings. The minimum atomic E-state index is -3.82. The first-order valence-corrected chi connectivity index (χ1v) is 14.2. The van der Waals surface area contributed by atoms with Gasteiger partial charge in [0.25, 0.3) is 10.0 Å². The van der Waals surface area contributed by atoms with Crippen molar-refractivity contribution >= 4 is 27.1 Å². The molecule has 0 unspecified atom stereocenters. The van der Waals surface area contributed by atoms with Crippen LogP contribution in [-0.2, 0) is 10.0 Å². The number of ether oxygens (including phenoxy) is 2. The quantitative estimate of drug-likeness (QED) is 0.282. The molecule has 0 aliphatic rings. The van der Waals surface area contributed by atoms with Crippen LogP contribution in [0.15, 0.2) is 53.4 Å². The molecule has 0 bridgehead atoms. The van der Waals surface area contributed by atoms with Gasteiger partial charge in [0.05, 0.1) is 30.5 Å². The fourth-order valence-corrected chi connectivity index (χ4v) is 6.14. The lowest BCUT2D eigenvalue weighted by Crippen LogP contribution is -2.19. The average Bonchev–Trinajstić information content (AvgIpc) is 2.84. The molecule has 0 aromatic heterocycles. The van der Waals surface area contributed by atoms with Crippen molar-refractivity contribution in [3.8, 4) is 11.5 Å². The van der Waals surface area contributed by atoms with Gasteiger partial charge in [0, 0.05) is 11.8 Å². The number of anilines is 3. The van der Waals surface area contributed by atoms with Gasteiger partial charge in [-0.2, -0.15) is 0 Å². The molecule has 3 aromatic carbocycles. The molecule has 0 heterocycles. The van der Waals surface area contributed by atoms with E-state index in [1.807, 2.05) is 58.9 Å². The highest BCUT2D eigenvalue weighted by Gasteiger charge is 2.27.